The van der Waals surface area contributed by atoms with E-state index in [0.29, 0.717) is 33.9 Å². The molecule has 206 valence electrons. The van der Waals surface area contributed by atoms with Crippen molar-refractivity contribution in [1.82, 2.24) is 4.57 Å². The summed E-state index contributed by atoms with van der Waals surface area (Å²) in [6.07, 6.45) is 0.343. The number of ketones is 2. The minimum atomic E-state index is -0.409. The molecule has 1 amide bonds. The van der Waals surface area contributed by atoms with Crippen molar-refractivity contribution >= 4 is 68.4 Å². The third kappa shape index (κ3) is 6.04. The molecule has 0 N–H and O–H groups in total. The normalized spacial score (nSPS) is 11.8. The van der Waals surface area contributed by atoms with E-state index in [-0.39, 0.29) is 17.3 Å². The van der Waals surface area contributed by atoms with Gasteiger partial charge >= 0.3 is 0 Å². The van der Waals surface area contributed by atoms with Crippen molar-refractivity contribution in [3.8, 4) is 0 Å². The van der Waals surface area contributed by atoms with Crippen LogP contribution in [0.25, 0.3) is 21.8 Å². The molecule has 4 aromatic carbocycles. The van der Waals surface area contributed by atoms with E-state index in [1.807, 2.05) is 85.8 Å². The average Bonchev–Trinajstić information content (AvgIpc) is 3.29. The monoisotopic (exact) mass is 580 g/mol. The van der Waals surface area contributed by atoms with Crippen molar-refractivity contribution in [2.24, 2.45) is 4.99 Å². The molecule has 1 heterocycles. The summed E-state index contributed by atoms with van der Waals surface area (Å²) < 4.78 is 2.17. The van der Waals surface area contributed by atoms with E-state index >= 15 is 0 Å². The number of nitrogens with zero attached hydrogens (tertiary/aromatic N) is 2. The van der Waals surface area contributed by atoms with Gasteiger partial charge in [-0.1, -0.05) is 35.9 Å². The van der Waals surface area contributed by atoms with Gasteiger partial charge in [0.15, 0.2) is 5.78 Å². The second kappa shape index (κ2) is 12.2. The van der Waals surface area contributed by atoms with Gasteiger partial charge in [0.2, 0.25) is 11.7 Å². The number of halogens is 1. The lowest BCUT2D eigenvalue weighted by Gasteiger charge is -2.07. The molecule has 41 heavy (non-hydrogen) atoms. The lowest BCUT2D eigenvalue weighted by Crippen LogP contribution is -2.17. The Morgan fingerprint density at radius 1 is 0.854 bits per heavy atom. The van der Waals surface area contributed by atoms with Gasteiger partial charge in [0.05, 0.1) is 5.71 Å². The van der Waals surface area contributed by atoms with Crippen LogP contribution in [-0.2, 0) is 11.3 Å². The molecule has 0 unspecified atom stereocenters. The van der Waals surface area contributed by atoms with Gasteiger partial charge in [-0.25, -0.2) is 4.99 Å². The molecule has 0 saturated heterocycles. The molecule has 0 spiro atoms. The Balaban J connectivity index is 1.50. The topological polar surface area (TPSA) is 68.5 Å². The van der Waals surface area contributed by atoms with Crippen LogP contribution in [0.1, 0.15) is 52.1 Å². The van der Waals surface area contributed by atoms with Crippen LogP contribution in [0.2, 0.25) is 5.02 Å². The van der Waals surface area contributed by atoms with E-state index < -0.39 is 5.91 Å². The van der Waals surface area contributed by atoms with Crippen molar-refractivity contribution in [2.75, 3.05) is 5.75 Å². The molecule has 5 nitrogen and oxygen atoms in total. The number of amides is 1. The van der Waals surface area contributed by atoms with E-state index in [9.17, 15) is 14.4 Å². The van der Waals surface area contributed by atoms with E-state index in [1.54, 1.807) is 17.8 Å². The number of Topliss-reactive ketones (excluding diaryl/α,β-unsaturated/α-hetero) is 1. The largest absolute Gasteiger partial charge is 0.341 e. The molecule has 0 aliphatic rings. The summed E-state index contributed by atoms with van der Waals surface area (Å²) in [4.78, 5) is 44.1. The van der Waals surface area contributed by atoms with Gasteiger partial charge in [0, 0.05) is 74.1 Å². The average molecular weight is 581 g/mol. The zero-order chi connectivity index (χ0) is 29.1. The highest BCUT2D eigenvalue weighted by Crippen LogP contribution is 2.32. The smallest absolute Gasteiger partial charge is 0.242 e. The highest BCUT2D eigenvalue weighted by Gasteiger charge is 2.19. The summed E-state index contributed by atoms with van der Waals surface area (Å²) in [5, 5.41) is 2.44. The second-order valence-corrected chi connectivity index (χ2v) is 11.4. The second-order valence-electron chi connectivity index (χ2n) is 9.81. The van der Waals surface area contributed by atoms with Gasteiger partial charge in [-0.3, -0.25) is 14.4 Å². The molecule has 0 aliphatic heterocycles. The molecule has 0 atom stereocenters. The first-order valence-electron chi connectivity index (χ1n) is 13.4. The van der Waals surface area contributed by atoms with Crippen molar-refractivity contribution in [3.05, 3.63) is 112 Å². The molecule has 0 radical (unpaired) electrons. The Morgan fingerprint density at radius 2 is 1.49 bits per heavy atom. The molecular formula is C34H29ClN2O3S. The fourth-order valence-electron chi connectivity index (χ4n) is 5.08. The quantitative estimate of drug-likeness (QED) is 0.0997. The van der Waals surface area contributed by atoms with Crippen molar-refractivity contribution in [2.45, 2.75) is 38.6 Å². The molecule has 7 heteroatoms. The van der Waals surface area contributed by atoms with Crippen molar-refractivity contribution in [1.29, 1.82) is 0 Å². The minimum absolute atomic E-state index is 0.0382. The minimum Gasteiger partial charge on any atom is -0.341 e. The fraction of sp³-hybridized carbons (Fsp3) is 0.176. The zero-order valence-electron chi connectivity index (χ0n) is 23.1. The van der Waals surface area contributed by atoms with Crippen molar-refractivity contribution in [3.63, 3.8) is 0 Å². The van der Waals surface area contributed by atoms with Crippen LogP contribution in [0.3, 0.4) is 0 Å². The van der Waals surface area contributed by atoms with Crippen LogP contribution >= 0.6 is 23.4 Å². The number of rotatable bonds is 9. The first-order valence-corrected chi connectivity index (χ1v) is 14.8. The van der Waals surface area contributed by atoms with E-state index in [4.69, 9.17) is 11.6 Å². The molecule has 0 aliphatic carbocycles. The fourth-order valence-corrected chi connectivity index (χ4v) is 6.07. The van der Waals surface area contributed by atoms with E-state index in [2.05, 4.69) is 16.5 Å². The molecular weight excluding hydrogens is 552 g/mol. The van der Waals surface area contributed by atoms with Gasteiger partial charge in [-0.2, -0.15) is 0 Å². The molecule has 0 bridgehead atoms. The summed E-state index contributed by atoms with van der Waals surface area (Å²) in [6.45, 7) is 6.09. The predicted octanol–water partition coefficient (Wildman–Crippen LogP) is 8.36. The first-order chi connectivity index (χ1) is 19.8. The maximum Gasteiger partial charge on any atom is 0.242 e. The Labute approximate surface area is 248 Å². The number of aromatic nitrogens is 1. The number of aliphatic imine (C=N–C) groups is 1. The van der Waals surface area contributed by atoms with Crippen LogP contribution in [-0.4, -0.2) is 33.5 Å². The zero-order valence-corrected chi connectivity index (χ0v) is 24.7. The van der Waals surface area contributed by atoms with Crippen LogP contribution in [0.5, 0.6) is 0 Å². The first kappa shape index (κ1) is 28.5. The maximum atomic E-state index is 13.7. The molecule has 5 rings (SSSR count). The maximum absolute atomic E-state index is 13.7. The Hall–Kier alpha value is -4.00. The summed E-state index contributed by atoms with van der Waals surface area (Å²) >= 11 is 7.55. The highest BCUT2D eigenvalue weighted by molar-refractivity contribution is 7.99. The molecule has 1 aromatic heterocycles. The number of carbonyl (C=O) groups is 3. The van der Waals surface area contributed by atoms with Gasteiger partial charge in [-0.05, 0) is 80.1 Å². The van der Waals surface area contributed by atoms with E-state index in [0.717, 1.165) is 38.8 Å². The van der Waals surface area contributed by atoms with Gasteiger partial charge in [0.1, 0.15) is 0 Å². The van der Waals surface area contributed by atoms with Crippen LogP contribution in [0.4, 0.5) is 0 Å². The number of benzene rings is 4. The lowest BCUT2D eigenvalue weighted by molar-refractivity contribution is -0.115. The summed E-state index contributed by atoms with van der Waals surface area (Å²) in [5.41, 5.74) is 4.84. The van der Waals surface area contributed by atoms with Crippen molar-refractivity contribution < 1.29 is 14.4 Å². The number of aryl methyl sites for hydroxylation is 2. The number of hydrogen-bond donors (Lipinski definition) is 0. The Morgan fingerprint density at radius 3 is 2.12 bits per heavy atom. The lowest BCUT2D eigenvalue weighted by atomic mass is 9.97. The van der Waals surface area contributed by atoms with Gasteiger partial charge in [0.25, 0.3) is 0 Å². The molecule has 5 aromatic rings. The number of carbonyl (C=O) groups excluding carboxylic acids is 3. The number of fused-ring (bicyclic) bond motifs is 3. The van der Waals surface area contributed by atoms with Gasteiger partial charge < -0.3 is 4.57 Å². The summed E-state index contributed by atoms with van der Waals surface area (Å²) in [6, 6.07) is 26.4. The number of thioether (sulfide) groups is 1. The van der Waals surface area contributed by atoms with Gasteiger partial charge in [-0.15, -0.1) is 11.8 Å². The highest BCUT2D eigenvalue weighted by atomic mass is 35.5. The summed E-state index contributed by atoms with van der Waals surface area (Å²) in [5.74, 6) is -0.138. The van der Waals surface area contributed by atoms with Crippen LogP contribution in [0.15, 0.2) is 94.8 Å². The molecule has 0 fully saturated rings. The van der Waals surface area contributed by atoms with Crippen LogP contribution < -0.4 is 0 Å². The third-order valence-electron chi connectivity index (χ3n) is 7.07. The summed E-state index contributed by atoms with van der Waals surface area (Å²) in [7, 11) is 0. The SMILES string of the molecule is CCn1c2ccc(C(=O)/C(CCSc3ccc(Cl)cc3)=N/C(C)=O)cc2c2cc(C(=O)c3ccccc3C)ccc21. The third-order valence-corrected chi connectivity index (χ3v) is 8.34. The Kier molecular flexibility index (Phi) is 8.52. The van der Waals surface area contributed by atoms with E-state index in [1.165, 1.54) is 6.92 Å². The number of hydrogen-bond acceptors (Lipinski definition) is 4. The van der Waals surface area contributed by atoms with Crippen LogP contribution in [0, 0.1) is 6.92 Å². The molecule has 0 saturated carbocycles. The standard InChI is InChI=1S/C34H29ClN2O3S/c1-4-37-31-15-9-23(33(39)27-8-6-5-7-21(27)2)19-28(31)29-20-24(10-16-32(29)37)34(40)30(36-22(3)38)17-18-41-26-13-11-25(35)12-14-26/h5-16,19-20H,4,17-18H2,1-3H3/b36-30+. The Bertz CT molecular complexity index is 1840. The predicted molar refractivity (Wildman–Crippen MR) is 169 cm³/mol.